The third-order valence-corrected chi connectivity index (χ3v) is 33.7. The summed E-state index contributed by atoms with van der Waals surface area (Å²) in [6, 6.07) is 21.6. The molecule has 1 aliphatic rings. The van der Waals surface area contributed by atoms with E-state index in [0.29, 0.717) is 25.9 Å². The largest absolute Gasteiger partial charge is 0.460 e. The van der Waals surface area contributed by atoms with Crippen molar-refractivity contribution in [1.29, 1.82) is 0 Å². The zero-order valence-electron chi connectivity index (χ0n) is 46.0. The van der Waals surface area contributed by atoms with Crippen molar-refractivity contribution in [1.82, 2.24) is 0 Å². The van der Waals surface area contributed by atoms with E-state index in [4.69, 9.17) is 27.2 Å². The van der Waals surface area contributed by atoms with E-state index in [1.165, 1.54) is 10.4 Å². The average molecular weight is 994 g/mol. The maximum atomic E-state index is 14.0. The minimum Gasteiger partial charge on any atom is -0.460 e. The van der Waals surface area contributed by atoms with Crippen LogP contribution in [0.4, 0.5) is 0 Å². The monoisotopic (exact) mass is 993 g/mol. The molecule has 1 saturated heterocycles. The van der Waals surface area contributed by atoms with E-state index in [1.807, 2.05) is 12.2 Å². The lowest BCUT2D eigenvalue weighted by molar-refractivity contribution is -0.157. The molecule has 0 spiro atoms. The summed E-state index contributed by atoms with van der Waals surface area (Å²) in [6.45, 7) is 54.1. The fourth-order valence-electron chi connectivity index (χ4n) is 7.93. The Labute approximate surface area is 414 Å². The van der Waals surface area contributed by atoms with Crippen molar-refractivity contribution < 1.29 is 32.0 Å². The molecule has 2 aromatic rings. The summed E-state index contributed by atoms with van der Waals surface area (Å²) in [4.78, 5) is 14.0. The molecule has 8 atom stereocenters. The molecule has 2 aromatic carbocycles. The number of carbonyl (C=O) groups excluding carboxylic acids is 1. The maximum absolute atomic E-state index is 14.0. The van der Waals surface area contributed by atoms with Gasteiger partial charge in [-0.2, -0.15) is 0 Å². The summed E-state index contributed by atoms with van der Waals surface area (Å²) in [5.41, 5.74) is 0. The molecular formula is C56H96O7Si4. The lowest BCUT2D eigenvalue weighted by Gasteiger charge is -2.44. The lowest BCUT2D eigenvalue weighted by Crippen LogP contribution is -2.66. The second kappa shape index (κ2) is 23.4. The van der Waals surface area contributed by atoms with E-state index < -0.39 is 39.4 Å². The van der Waals surface area contributed by atoms with E-state index in [0.717, 1.165) is 6.42 Å². The number of carbonyl (C=O) groups is 1. The average Bonchev–Trinajstić information content (AvgIpc) is 3.94. The molecule has 1 fully saturated rings. The molecule has 67 heavy (non-hydrogen) atoms. The Hall–Kier alpha value is -2.20. The summed E-state index contributed by atoms with van der Waals surface area (Å²) in [5.74, 6) is -0.0223. The van der Waals surface area contributed by atoms with Gasteiger partial charge in [0, 0.05) is 19.4 Å². The van der Waals surface area contributed by atoms with Crippen LogP contribution in [0.5, 0.6) is 0 Å². The molecule has 1 aliphatic heterocycles. The third kappa shape index (κ3) is 16.2. The second-order valence-electron chi connectivity index (χ2n) is 25.3. The summed E-state index contributed by atoms with van der Waals surface area (Å²) in [7, 11) is -9.58. The summed E-state index contributed by atoms with van der Waals surface area (Å²) in [6.07, 6.45) is 8.41. The maximum Gasteiger partial charge on any atom is 0.306 e. The van der Waals surface area contributed by atoms with Gasteiger partial charge in [-0.05, 0) is 94.5 Å². The van der Waals surface area contributed by atoms with Crippen LogP contribution in [0.25, 0.3) is 0 Å². The van der Waals surface area contributed by atoms with Gasteiger partial charge in [-0.1, -0.05) is 182 Å². The van der Waals surface area contributed by atoms with Gasteiger partial charge in [-0.25, -0.2) is 0 Å². The number of hydrogen-bond donors (Lipinski definition) is 0. The third-order valence-electron chi connectivity index (χ3n) is 15.3. The van der Waals surface area contributed by atoms with Crippen LogP contribution in [0.1, 0.15) is 123 Å². The minimum absolute atomic E-state index is 0.00151. The zero-order chi connectivity index (χ0) is 51.0. The van der Waals surface area contributed by atoms with Crippen molar-refractivity contribution in [2.45, 2.75) is 219 Å². The van der Waals surface area contributed by atoms with Gasteiger partial charge in [0.1, 0.15) is 12.2 Å². The molecule has 0 unspecified atom stereocenters. The van der Waals surface area contributed by atoms with Gasteiger partial charge in [0.15, 0.2) is 25.0 Å². The first kappa shape index (κ1) is 59.1. The van der Waals surface area contributed by atoms with Crippen LogP contribution in [0.15, 0.2) is 98.1 Å². The molecular weight excluding hydrogens is 897 g/mol. The smallest absolute Gasteiger partial charge is 0.306 e. The van der Waals surface area contributed by atoms with Crippen LogP contribution < -0.4 is 10.4 Å². The van der Waals surface area contributed by atoms with Gasteiger partial charge in [-0.15, -0.1) is 13.2 Å². The second-order valence-corrected chi connectivity index (χ2v) is 43.8. The quantitative estimate of drug-likeness (QED) is 0.0424. The number of ether oxygens (including phenoxy) is 2. The summed E-state index contributed by atoms with van der Waals surface area (Å²) >= 11 is 0. The SMILES string of the molecule is C=CC[C@H](C)CC(=O)O[C@@H](C[C@@H]1O[C@H]1/C=C/[C@H](O[Si](C)(C)C(C)(C)C)[C@H](C=C)O[Si](C)(C)C(C)(C)C)[C@H](C[C@@H](C)CO[Si](c1ccccc1)(c1ccccc1)C(C)(C)C)O[Si](C)(C)C(C)(C)C. The molecule has 0 radical (unpaired) electrons. The van der Waals surface area contributed by atoms with Gasteiger partial charge in [-0.3, -0.25) is 4.79 Å². The molecule has 0 bridgehead atoms. The minimum atomic E-state index is -2.80. The Bertz CT molecular complexity index is 1850. The van der Waals surface area contributed by atoms with Crippen molar-refractivity contribution in [3.8, 4) is 0 Å². The number of allylic oxidation sites excluding steroid dienone is 1. The highest BCUT2D eigenvalue weighted by Crippen LogP contribution is 2.43. The molecule has 378 valence electrons. The van der Waals surface area contributed by atoms with Crippen molar-refractivity contribution >= 4 is 49.6 Å². The van der Waals surface area contributed by atoms with Crippen LogP contribution in [-0.2, 0) is 32.0 Å². The molecule has 0 amide bonds. The highest BCUT2D eigenvalue weighted by molar-refractivity contribution is 6.99. The first-order valence-corrected chi connectivity index (χ1v) is 35.8. The zero-order valence-corrected chi connectivity index (χ0v) is 50.0. The van der Waals surface area contributed by atoms with Crippen molar-refractivity contribution in [2.24, 2.45) is 11.8 Å². The number of rotatable bonds is 25. The van der Waals surface area contributed by atoms with Gasteiger partial charge < -0.3 is 27.2 Å². The van der Waals surface area contributed by atoms with Gasteiger partial charge in [0.2, 0.25) is 0 Å². The highest BCUT2D eigenvalue weighted by Gasteiger charge is 2.51. The number of epoxide rings is 1. The molecule has 3 rings (SSSR count). The normalized spacial score (nSPS) is 19.6. The molecule has 11 heteroatoms. The molecule has 0 saturated carbocycles. The number of benzene rings is 2. The number of esters is 1. The van der Waals surface area contributed by atoms with Gasteiger partial charge in [0.05, 0.1) is 24.4 Å². The molecule has 0 aromatic heterocycles. The van der Waals surface area contributed by atoms with Crippen LogP contribution in [0.3, 0.4) is 0 Å². The first-order chi connectivity index (χ1) is 30.6. The van der Waals surface area contributed by atoms with Crippen LogP contribution in [0, 0.1) is 11.8 Å². The Morgan fingerprint density at radius 3 is 1.55 bits per heavy atom. The topological polar surface area (TPSA) is 75.8 Å². The van der Waals surface area contributed by atoms with Crippen molar-refractivity contribution in [3.63, 3.8) is 0 Å². The molecule has 0 N–H and O–H groups in total. The van der Waals surface area contributed by atoms with Crippen molar-refractivity contribution in [2.75, 3.05) is 6.61 Å². The predicted molar refractivity (Wildman–Crippen MR) is 295 cm³/mol. The molecule has 7 nitrogen and oxygen atoms in total. The van der Waals surface area contributed by atoms with E-state index in [1.54, 1.807) is 0 Å². The van der Waals surface area contributed by atoms with Crippen LogP contribution in [-0.4, -0.2) is 82.5 Å². The van der Waals surface area contributed by atoms with Crippen LogP contribution >= 0.6 is 0 Å². The fourth-order valence-corrected chi connectivity index (χ4v) is 16.5. The predicted octanol–water partition coefficient (Wildman–Crippen LogP) is 14.2. The van der Waals surface area contributed by atoms with E-state index in [9.17, 15) is 4.79 Å². The summed E-state index contributed by atoms with van der Waals surface area (Å²) in [5, 5.41) is 2.30. The lowest BCUT2D eigenvalue weighted by atomic mass is 9.97. The molecule has 0 aliphatic carbocycles. The van der Waals surface area contributed by atoms with E-state index in [-0.39, 0.29) is 68.5 Å². The Kier molecular flexibility index (Phi) is 20.6. The van der Waals surface area contributed by atoms with Gasteiger partial charge in [0.25, 0.3) is 8.32 Å². The Morgan fingerprint density at radius 1 is 0.657 bits per heavy atom. The summed E-state index contributed by atoms with van der Waals surface area (Å²) < 4.78 is 42.2. The van der Waals surface area contributed by atoms with E-state index in [2.05, 4.69) is 222 Å². The van der Waals surface area contributed by atoms with Crippen LogP contribution in [0.2, 0.25) is 59.4 Å². The Morgan fingerprint density at radius 2 is 1.12 bits per heavy atom. The first-order valence-electron chi connectivity index (χ1n) is 25.2. The van der Waals surface area contributed by atoms with E-state index >= 15 is 0 Å². The fraction of sp³-hybridized carbons (Fsp3) is 0.661. The van der Waals surface area contributed by atoms with Crippen molar-refractivity contribution in [3.05, 3.63) is 98.1 Å². The standard InChI is InChI=1S/C56H96O7Si4/c1-23-31-42(3)39-52(57)60-50(40-49-47(59-49)36-37-48(62-65(19,20)54(8,9)10)46(24-2)61-64(17,18)53(5,6)7)51(63-66(21,22)55(11,12)13)38-43(4)41-58-67(56(14,15)16,44-32-27-25-28-33-44)45-34-29-26-30-35-45/h23-30,32-37,42-43,46-51H,1-2,31,38-41H2,3-22H3/b37-36+/t42-,43+,46-,47-,48-,49-,50-,51-/m0/s1. The Balaban J connectivity index is 2.06. The van der Waals surface area contributed by atoms with Gasteiger partial charge >= 0.3 is 5.97 Å². The number of hydrogen-bond acceptors (Lipinski definition) is 7. The highest BCUT2D eigenvalue weighted by atomic mass is 28.4. The molecule has 1 heterocycles.